The van der Waals surface area contributed by atoms with Crippen molar-refractivity contribution in [2.45, 2.75) is 32.7 Å². The summed E-state index contributed by atoms with van der Waals surface area (Å²) in [6.07, 6.45) is 2.13. The molecular weight excluding hydrogens is 354 g/mol. The van der Waals surface area contributed by atoms with Crippen LogP contribution in [0.1, 0.15) is 34.7 Å². The first kappa shape index (κ1) is 16.0. The molecule has 0 saturated carbocycles. The second-order valence-corrected chi connectivity index (χ2v) is 7.47. The quantitative estimate of drug-likeness (QED) is 0.680. The third-order valence-corrected chi connectivity index (χ3v) is 5.72. The van der Waals surface area contributed by atoms with Gasteiger partial charge in [-0.05, 0) is 66.0 Å². The smallest absolute Gasteiger partial charge is 0.0456 e. The topological polar surface area (TPSA) is 12.0 Å². The SMILES string of the molecule is CCCNC(Cc1ccc(Cl)cc1)c1cc(Br)c(C)s1. The second-order valence-electron chi connectivity index (χ2n) is 4.89. The average Bonchev–Trinajstić information content (AvgIpc) is 2.77. The predicted octanol–water partition coefficient (Wildman–Crippen LogP) is 5.76. The van der Waals surface area contributed by atoms with E-state index in [1.807, 2.05) is 23.5 Å². The monoisotopic (exact) mass is 371 g/mol. The zero-order chi connectivity index (χ0) is 14.5. The third-order valence-electron chi connectivity index (χ3n) is 3.21. The van der Waals surface area contributed by atoms with Crippen molar-refractivity contribution in [2.24, 2.45) is 0 Å². The molecule has 0 radical (unpaired) electrons. The summed E-state index contributed by atoms with van der Waals surface area (Å²) in [4.78, 5) is 2.72. The maximum absolute atomic E-state index is 5.95. The van der Waals surface area contributed by atoms with Gasteiger partial charge in [0.25, 0.3) is 0 Å². The van der Waals surface area contributed by atoms with Gasteiger partial charge >= 0.3 is 0 Å². The van der Waals surface area contributed by atoms with Crippen molar-refractivity contribution >= 4 is 38.9 Å². The van der Waals surface area contributed by atoms with Crippen LogP contribution in [0.2, 0.25) is 5.02 Å². The number of nitrogens with one attached hydrogen (secondary N) is 1. The Morgan fingerprint density at radius 1 is 1.30 bits per heavy atom. The molecule has 4 heteroatoms. The van der Waals surface area contributed by atoms with Crippen LogP contribution in [0.3, 0.4) is 0 Å². The first-order valence-corrected chi connectivity index (χ1v) is 8.82. The van der Waals surface area contributed by atoms with E-state index in [1.165, 1.54) is 19.8 Å². The lowest BCUT2D eigenvalue weighted by Gasteiger charge is -2.17. The van der Waals surface area contributed by atoms with Crippen molar-refractivity contribution < 1.29 is 0 Å². The maximum Gasteiger partial charge on any atom is 0.0456 e. The van der Waals surface area contributed by atoms with Crippen LogP contribution in [-0.2, 0) is 6.42 Å². The largest absolute Gasteiger partial charge is 0.309 e. The molecule has 0 aliphatic carbocycles. The van der Waals surface area contributed by atoms with Crippen LogP contribution in [0.25, 0.3) is 0 Å². The number of aryl methyl sites for hydroxylation is 1. The van der Waals surface area contributed by atoms with Crippen LogP contribution < -0.4 is 5.32 Å². The van der Waals surface area contributed by atoms with Crippen molar-refractivity contribution in [1.82, 2.24) is 5.32 Å². The zero-order valence-electron chi connectivity index (χ0n) is 11.7. The third kappa shape index (κ3) is 4.32. The van der Waals surface area contributed by atoms with Crippen LogP contribution in [-0.4, -0.2) is 6.54 Å². The van der Waals surface area contributed by atoms with Gasteiger partial charge in [-0.1, -0.05) is 30.7 Å². The van der Waals surface area contributed by atoms with Crippen molar-refractivity contribution in [3.63, 3.8) is 0 Å². The summed E-state index contributed by atoms with van der Waals surface area (Å²) < 4.78 is 1.21. The predicted molar refractivity (Wildman–Crippen MR) is 92.9 cm³/mol. The maximum atomic E-state index is 5.95. The minimum atomic E-state index is 0.367. The van der Waals surface area contributed by atoms with Crippen molar-refractivity contribution in [2.75, 3.05) is 6.54 Å². The molecule has 0 saturated heterocycles. The molecule has 1 unspecified atom stereocenters. The minimum absolute atomic E-state index is 0.367. The van der Waals surface area contributed by atoms with Crippen molar-refractivity contribution in [3.8, 4) is 0 Å². The summed E-state index contributed by atoms with van der Waals surface area (Å²) in [5.74, 6) is 0. The van der Waals surface area contributed by atoms with Crippen LogP contribution >= 0.6 is 38.9 Å². The Kier molecular flexibility index (Phi) is 6.09. The molecule has 0 aliphatic rings. The standard InChI is InChI=1S/C16H19BrClNS/c1-3-8-19-15(16-10-14(17)11(2)20-16)9-12-4-6-13(18)7-5-12/h4-7,10,15,19H,3,8-9H2,1-2H3. The Balaban J connectivity index is 2.16. The first-order chi connectivity index (χ1) is 9.60. The number of hydrogen-bond acceptors (Lipinski definition) is 2. The summed E-state index contributed by atoms with van der Waals surface area (Å²) in [7, 11) is 0. The average molecular weight is 373 g/mol. The summed E-state index contributed by atoms with van der Waals surface area (Å²) in [5, 5.41) is 4.44. The molecule has 0 spiro atoms. The van der Waals surface area contributed by atoms with E-state index in [9.17, 15) is 0 Å². The molecule has 1 nitrogen and oxygen atoms in total. The van der Waals surface area contributed by atoms with Gasteiger partial charge in [0.2, 0.25) is 0 Å². The molecule has 1 aromatic carbocycles. The van der Waals surface area contributed by atoms with Gasteiger partial charge in [0.1, 0.15) is 0 Å². The van der Waals surface area contributed by atoms with E-state index >= 15 is 0 Å². The normalized spacial score (nSPS) is 12.6. The molecule has 0 fully saturated rings. The first-order valence-electron chi connectivity index (χ1n) is 6.83. The zero-order valence-corrected chi connectivity index (χ0v) is 14.9. The van der Waals surface area contributed by atoms with E-state index in [-0.39, 0.29) is 0 Å². The van der Waals surface area contributed by atoms with Crippen molar-refractivity contribution in [3.05, 3.63) is 55.1 Å². The van der Waals surface area contributed by atoms with E-state index in [0.717, 1.165) is 24.4 Å². The van der Waals surface area contributed by atoms with Gasteiger partial charge < -0.3 is 5.32 Å². The molecule has 1 heterocycles. The van der Waals surface area contributed by atoms with Gasteiger partial charge in [-0.15, -0.1) is 11.3 Å². The summed E-state index contributed by atoms with van der Waals surface area (Å²) in [6, 6.07) is 10.7. The summed E-state index contributed by atoms with van der Waals surface area (Å²) >= 11 is 11.4. The number of hydrogen-bond donors (Lipinski definition) is 1. The Morgan fingerprint density at radius 2 is 2.00 bits per heavy atom. The summed E-state index contributed by atoms with van der Waals surface area (Å²) in [6.45, 7) is 5.38. The van der Waals surface area contributed by atoms with E-state index in [1.54, 1.807) is 0 Å². The van der Waals surface area contributed by atoms with Crippen LogP contribution in [0.15, 0.2) is 34.8 Å². The Bertz CT molecular complexity index is 531. The van der Waals surface area contributed by atoms with E-state index in [0.29, 0.717) is 6.04 Å². The Hall–Kier alpha value is -0.350. The van der Waals surface area contributed by atoms with Gasteiger partial charge in [0.15, 0.2) is 0 Å². The Morgan fingerprint density at radius 3 is 2.55 bits per heavy atom. The van der Waals surface area contributed by atoms with Gasteiger partial charge in [-0.2, -0.15) is 0 Å². The molecule has 0 bridgehead atoms. The minimum Gasteiger partial charge on any atom is -0.309 e. The number of benzene rings is 1. The number of thiophene rings is 1. The van der Waals surface area contributed by atoms with Gasteiger partial charge in [-0.25, -0.2) is 0 Å². The van der Waals surface area contributed by atoms with E-state index in [2.05, 4.69) is 53.3 Å². The molecule has 0 aliphatic heterocycles. The van der Waals surface area contributed by atoms with E-state index in [4.69, 9.17) is 11.6 Å². The van der Waals surface area contributed by atoms with Gasteiger partial charge in [-0.3, -0.25) is 0 Å². The molecule has 1 N–H and O–H groups in total. The molecule has 1 aromatic heterocycles. The fourth-order valence-corrected chi connectivity index (χ4v) is 3.86. The molecule has 108 valence electrons. The molecule has 1 atom stereocenters. The fourth-order valence-electron chi connectivity index (χ4n) is 2.10. The van der Waals surface area contributed by atoms with Crippen LogP contribution in [0, 0.1) is 6.92 Å². The Labute approximate surface area is 138 Å². The lowest BCUT2D eigenvalue weighted by Crippen LogP contribution is -2.23. The molecule has 0 amide bonds. The lowest BCUT2D eigenvalue weighted by atomic mass is 10.0. The molecule has 20 heavy (non-hydrogen) atoms. The highest BCUT2D eigenvalue weighted by Gasteiger charge is 2.15. The fraction of sp³-hybridized carbons (Fsp3) is 0.375. The van der Waals surface area contributed by atoms with Crippen LogP contribution in [0.4, 0.5) is 0 Å². The van der Waals surface area contributed by atoms with Crippen LogP contribution in [0.5, 0.6) is 0 Å². The highest BCUT2D eigenvalue weighted by atomic mass is 79.9. The number of halogens is 2. The molecule has 2 rings (SSSR count). The second kappa shape index (κ2) is 7.60. The molecule has 2 aromatic rings. The van der Waals surface area contributed by atoms with E-state index < -0.39 is 0 Å². The highest BCUT2D eigenvalue weighted by molar-refractivity contribution is 9.10. The highest BCUT2D eigenvalue weighted by Crippen LogP contribution is 2.32. The number of rotatable bonds is 6. The summed E-state index contributed by atoms with van der Waals surface area (Å²) in [5.41, 5.74) is 1.31. The lowest BCUT2D eigenvalue weighted by molar-refractivity contribution is 0.536. The van der Waals surface area contributed by atoms with Crippen molar-refractivity contribution in [1.29, 1.82) is 0 Å². The molecular formula is C16H19BrClNS. The van der Waals surface area contributed by atoms with Gasteiger partial charge in [0.05, 0.1) is 0 Å². The van der Waals surface area contributed by atoms with Gasteiger partial charge in [0, 0.05) is 25.3 Å².